The monoisotopic (exact) mass is 364 g/mol. The first kappa shape index (κ1) is 16.6. The molecule has 0 spiro atoms. The Kier molecular flexibility index (Phi) is 4.90. The van der Waals surface area contributed by atoms with Gasteiger partial charge in [0.2, 0.25) is 15.9 Å². The topological polar surface area (TPSA) is 127 Å². The molecule has 0 aliphatic carbocycles. The van der Waals surface area contributed by atoms with Crippen molar-refractivity contribution in [3.05, 3.63) is 27.7 Å². The lowest BCUT2D eigenvalue weighted by atomic mass is 10.1. The molecule has 4 N–H and O–H groups in total. The number of rotatable bonds is 5. The third-order valence-electron chi connectivity index (χ3n) is 2.59. The maximum absolute atomic E-state index is 12.2. The Morgan fingerprint density at radius 1 is 1.40 bits per heavy atom. The van der Waals surface area contributed by atoms with Crippen LogP contribution in [0.15, 0.2) is 21.5 Å². The van der Waals surface area contributed by atoms with Crippen molar-refractivity contribution in [2.45, 2.75) is 24.8 Å². The average molecular weight is 365 g/mol. The van der Waals surface area contributed by atoms with Crippen LogP contribution in [0.4, 0.5) is 0 Å². The van der Waals surface area contributed by atoms with Crippen LogP contribution >= 0.6 is 15.9 Å². The van der Waals surface area contributed by atoms with E-state index in [0.29, 0.717) is 10.0 Å². The largest absolute Gasteiger partial charge is 0.478 e. The van der Waals surface area contributed by atoms with Crippen molar-refractivity contribution >= 4 is 37.8 Å². The molecular formula is C11H13BrN2O5S. The summed E-state index contributed by atoms with van der Waals surface area (Å²) in [6, 6.07) is 1.22. The molecule has 0 aliphatic rings. The standard InChI is InChI=1S/C11H13BrN2O5S/c1-5-8(12)3-7(11(16)17)4-9(5)20(18,19)14-6(2)10(13)15/h3-4,6,14H,1-2H3,(H2,13,15)(H,16,17). The molecule has 9 heteroatoms. The van der Waals surface area contributed by atoms with E-state index < -0.39 is 27.9 Å². The van der Waals surface area contributed by atoms with Crippen molar-refractivity contribution in [3.8, 4) is 0 Å². The van der Waals surface area contributed by atoms with E-state index in [0.717, 1.165) is 6.07 Å². The summed E-state index contributed by atoms with van der Waals surface area (Å²) in [5.74, 6) is -2.09. The lowest BCUT2D eigenvalue weighted by Crippen LogP contribution is -2.42. The predicted molar refractivity (Wildman–Crippen MR) is 74.8 cm³/mol. The van der Waals surface area contributed by atoms with Gasteiger partial charge in [0, 0.05) is 4.47 Å². The Bertz CT molecular complexity index is 672. The molecule has 0 heterocycles. The van der Waals surface area contributed by atoms with Crippen LogP contribution < -0.4 is 10.5 Å². The lowest BCUT2D eigenvalue weighted by molar-refractivity contribution is -0.119. The highest BCUT2D eigenvalue weighted by atomic mass is 79.9. The van der Waals surface area contributed by atoms with E-state index in [9.17, 15) is 18.0 Å². The molecule has 1 amide bonds. The number of carbonyl (C=O) groups excluding carboxylic acids is 1. The quantitative estimate of drug-likeness (QED) is 0.705. The molecule has 20 heavy (non-hydrogen) atoms. The fraction of sp³-hybridized carbons (Fsp3) is 0.273. The molecule has 0 bridgehead atoms. The number of nitrogens with one attached hydrogen (secondary N) is 1. The number of carboxylic acid groups (broad SMARTS) is 1. The van der Waals surface area contributed by atoms with E-state index in [4.69, 9.17) is 10.8 Å². The van der Waals surface area contributed by atoms with Gasteiger partial charge in [-0.15, -0.1) is 0 Å². The summed E-state index contributed by atoms with van der Waals surface area (Å²) in [5, 5.41) is 8.95. The Hall–Kier alpha value is -1.45. The number of carboxylic acids is 1. The van der Waals surface area contributed by atoms with Crippen molar-refractivity contribution in [2.75, 3.05) is 0 Å². The third kappa shape index (κ3) is 3.56. The average Bonchev–Trinajstić information content (AvgIpc) is 2.31. The van der Waals surface area contributed by atoms with Gasteiger partial charge in [-0.3, -0.25) is 4.79 Å². The minimum Gasteiger partial charge on any atom is -0.478 e. The molecule has 0 fully saturated rings. The van der Waals surface area contributed by atoms with Crippen LogP contribution in [0.5, 0.6) is 0 Å². The number of amides is 1. The maximum atomic E-state index is 12.2. The predicted octanol–water partition coefficient (Wildman–Crippen LogP) is 0.608. The number of benzene rings is 1. The number of halogens is 1. The Balaban J connectivity index is 3.38. The zero-order valence-corrected chi connectivity index (χ0v) is 13.1. The maximum Gasteiger partial charge on any atom is 0.335 e. The first-order valence-corrected chi connectivity index (χ1v) is 7.69. The van der Waals surface area contributed by atoms with Crippen molar-refractivity contribution < 1.29 is 23.1 Å². The summed E-state index contributed by atoms with van der Waals surface area (Å²) < 4.78 is 26.8. The summed E-state index contributed by atoms with van der Waals surface area (Å²) in [6.07, 6.45) is 0. The van der Waals surface area contributed by atoms with Crippen molar-refractivity contribution in [1.82, 2.24) is 4.72 Å². The number of nitrogens with two attached hydrogens (primary N) is 1. The molecule has 0 saturated heterocycles. The van der Waals surface area contributed by atoms with Crippen LogP contribution in [0.1, 0.15) is 22.8 Å². The van der Waals surface area contributed by atoms with E-state index in [1.165, 1.54) is 19.9 Å². The van der Waals surface area contributed by atoms with Crippen LogP contribution in [-0.4, -0.2) is 31.4 Å². The van der Waals surface area contributed by atoms with Crippen molar-refractivity contribution in [1.29, 1.82) is 0 Å². The summed E-state index contributed by atoms with van der Waals surface area (Å²) in [7, 11) is -4.06. The van der Waals surface area contributed by atoms with Gasteiger partial charge < -0.3 is 10.8 Å². The summed E-state index contributed by atoms with van der Waals surface area (Å²) in [4.78, 5) is 21.7. The first-order valence-electron chi connectivity index (χ1n) is 5.41. The number of carbonyl (C=O) groups is 2. The Labute approximate surface area is 124 Å². The second kappa shape index (κ2) is 5.90. The summed E-state index contributed by atoms with van der Waals surface area (Å²) >= 11 is 3.11. The van der Waals surface area contributed by atoms with Crippen LogP contribution in [0, 0.1) is 6.92 Å². The molecule has 1 aromatic rings. The molecule has 7 nitrogen and oxygen atoms in total. The number of hydrogen-bond acceptors (Lipinski definition) is 4. The second-order valence-electron chi connectivity index (χ2n) is 4.13. The molecule has 0 aliphatic heterocycles. The van der Waals surface area contributed by atoms with Gasteiger partial charge in [-0.1, -0.05) is 15.9 Å². The molecule has 1 unspecified atom stereocenters. The Morgan fingerprint density at radius 2 is 1.95 bits per heavy atom. The van der Waals surface area contributed by atoms with Gasteiger partial charge in [0.05, 0.1) is 16.5 Å². The van der Waals surface area contributed by atoms with Crippen LogP contribution in [-0.2, 0) is 14.8 Å². The van der Waals surface area contributed by atoms with Gasteiger partial charge in [-0.25, -0.2) is 13.2 Å². The number of aromatic carboxylic acids is 1. The zero-order chi connectivity index (χ0) is 15.7. The highest BCUT2D eigenvalue weighted by molar-refractivity contribution is 9.10. The van der Waals surface area contributed by atoms with Gasteiger partial charge in [-0.05, 0) is 31.5 Å². The van der Waals surface area contributed by atoms with Gasteiger partial charge in [0.1, 0.15) is 0 Å². The van der Waals surface area contributed by atoms with Gasteiger partial charge in [0.25, 0.3) is 0 Å². The highest BCUT2D eigenvalue weighted by Gasteiger charge is 2.24. The minimum absolute atomic E-state index is 0.186. The van der Waals surface area contributed by atoms with Gasteiger partial charge in [0.15, 0.2) is 0 Å². The first-order chi connectivity index (χ1) is 9.06. The minimum atomic E-state index is -4.06. The smallest absolute Gasteiger partial charge is 0.335 e. The molecule has 0 radical (unpaired) electrons. The second-order valence-corrected chi connectivity index (χ2v) is 6.67. The molecule has 0 saturated carbocycles. The summed E-state index contributed by atoms with van der Waals surface area (Å²) in [5.41, 5.74) is 5.15. The van der Waals surface area contributed by atoms with Crippen LogP contribution in [0.2, 0.25) is 0 Å². The fourth-order valence-electron chi connectivity index (χ4n) is 1.41. The van der Waals surface area contributed by atoms with Crippen molar-refractivity contribution in [3.63, 3.8) is 0 Å². The number of sulfonamides is 1. The molecule has 1 rings (SSSR count). The third-order valence-corrected chi connectivity index (χ3v) is 5.08. The normalized spacial score (nSPS) is 12.9. The Morgan fingerprint density at radius 3 is 2.40 bits per heavy atom. The number of hydrogen-bond donors (Lipinski definition) is 3. The summed E-state index contributed by atoms with van der Waals surface area (Å²) in [6.45, 7) is 2.81. The highest BCUT2D eigenvalue weighted by Crippen LogP contribution is 2.26. The van der Waals surface area contributed by atoms with E-state index in [-0.39, 0.29) is 10.5 Å². The molecular weight excluding hydrogens is 352 g/mol. The van der Waals surface area contributed by atoms with E-state index in [1.54, 1.807) is 0 Å². The van der Waals surface area contributed by atoms with E-state index in [1.807, 2.05) is 0 Å². The molecule has 1 aromatic carbocycles. The lowest BCUT2D eigenvalue weighted by Gasteiger charge is -2.14. The zero-order valence-electron chi connectivity index (χ0n) is 10.7. The SMILES string of the molecule is Cc1c(Br)cc(C(=O)O)cc1S(=O)(=O)NC(C)C(N)=O. The van der Waals surface area contributed by atoms with E-state index in [2.05, 4.69) is 20.7 Å². The molecule has 1 atom stereocenters. The van der Waals surface area contributed by atoms with Crippen LogP contribution in [0.3, 0.4) is 0 Å². The molecule has 110 valence electrons. The fourth-order valence-corrected chi connectivity index (χ4v) is 3.51. The number of primary amides is 1. The molecule has 0 aromatic heterocycles. The van der Waals surface area contributed by atoms with Gasteiger partial charge in [-0.2, -0.15) is 4.72 Å². The van der Waals surface area contributed by atoms with E-state index >= 15 is 0 Å². The van der Waals surface area contributed by atoms with Crippen LogP contribution in [0.25, 0.3) is 0 Å². The van der Waals surface area contributed by atoms with Crippen molar-refractivity contribution in [2.24, 2.45) is 5.73 Å². The van der Waals surface area contributed by atoms with Gasteiger partial charge >= 0.3 is 5.97 Å².